The van der Waals surface area contributed by atoms with Crippen LogP contribution in [0.1, 0.15) is 31.4 Å². The minimum absolute atomic E-state index is 0.00736. The molecule has 0 N–H and O–H groups in total. The van der Waals surface area contributed by atoms with Gasteiger partial charge in [-0.25, -0.2) is 8.42 Å². The molecule has 0 radical (unpaired) electrons. The van der Waals surface area contributed by atoms with E-state index in [2.05, 4.69) is 4.90 Å². The topological polar surface area (TPSA) is 70.8 Å². The zero-order valence-electron chi connectivity index (χ0n) is 14.2. The van der Waals surface area contributed by atoms with Gasteiger partial charge in [-0.05, 0) is 31.7 Å². The molecule has 140 valence electrons. The number of hydrogen-bond donors (Lipinski definition) is 0. The molecule has 9 heteroatoms. The van der Waals surface area contributed by atoms with E-state index in [-0.39, 0.29) is 23.5 Å². The maximum atomic E-state index is 12.7. The third-order valence-corrected chi connectivity index (χ3v) is 8.03. The van der Waals surface area contributed by atoms with Crippen LogP contribution in [0.2, 0.25) is 0 Å². The van der Waals surface area contributed by atoms with E-state index in [0.29, 0.717) is 21.4 Å². The van der Waals surface area contributed by atoms with Crippen LogP contribution in [0.3, 0.4) is 0 Å². The molecule has 4 heterocycles. The molecule has 3 aliphatic rings. The first-order valence-corrected chi connectivity index (χ1v) is 11.8. The molecule has 26 heavy (non-hydrogen) atoms. The summed E-state index contributed by atoms with van der Waals surface area (Å²) in [5.41, 5.74) is 0. The first kappa shape index (κ1) is 18.1. The largest absolute Gasteiger partial charge is 0.441 e. The quantitative estimate of drug-likeness (QED) is 0.558. The summed E-state index contributed by atoms with van der Waals surface area (Å²) in [4.78, 5) is 16.9. The number of furan rings is 1. The Morgan fingerprint density at radius 3 is 2.69 bits per heavy atom. The highest BCUT2D eigenvalue weighted by molar-refractivity contribution is 8.26. The van der Waals surface area contributed by atoms with Gasteiger partial charge in [0.15, 0.2) is 15.7 Å². The maximum absolute atomic E-state index is 12.7. The fourth-order valence-electron chi connectivity index (χ4n) is 3.61. The van der Waals surface area contributed by atoms with Gasteiger partial charge in [0.05, 0.1) is 22.5 Å². The van der Waals surface area contributed by atoms with Gasteiger partial charge in [-0.1, -0.05) is 24.0 Å². The van der Waals surface area contributed by atoms with Gasteiger partial charge in [-0.2, -0.15) is 0 Å². The number of carbonyl (C=O) groups is 1. The SMILES string of the molecule is O=C1/C(=C/c2ccc(N3CCCCC3)o2)SC(=S)N1C1CCS(=O)(=O)C1. The number of hydrogen-bond acceptors (Lipinski definition) is 7. The van der Waals surface area contributed by atoms with Gasteiger partial charge in [0.2, 0.25) is 0 Å². The van der Waals surface area contributed by atoms with Crippen molar-refractivity contribution in [3.63, 3.8) is 0 Å². The van der Waals surface area contributed by atoms with E-state index < -0.39 is 9.84 Å². The normalized spacial score (nSPS) is 27.7. The monoisotopic (exact) mass is 412 g/mol. The lowest BCUT2D eigenvalue weighted by molar-refractivity contribution is -0.123. The Morgan fingerprint density at radius 1 is 1.23 bits per heavy atom. The molecule has 0 saturated carbocycles. The van der Waals surface area contributed by atoms with Gasteiger partial charge in [-0.15, -0.1) is 0 Å². The van der Waals surface area contributed by atoms with E-state index in [0.717, 1.165) is 19.0 Å². The lowest BCUT2D eigenvalue weighted by Gasteiger charge is -2.25. The van der Waals surface area contributed by atoms with Crippen LogP contribution in [-0.4, -0.2) is 54.2 Å². The molecule has 0 aliphatic carbocycles. The average Bonchev–Trinajstić information content (AvgIpc) is 3.28. The fourth-order valence-corrected chi connectivity index (χ4v) is 6.69. The predicted octanol–water partition coefficient (Wildman–Crippen LogP) is 2.66. The van der Waals surface area contributed by atoms with E-state index in [1.807, 2.05) is 12.1 Å². The highest BCUT2D eigenvalue weighted by atomic mass is 32.2. The van der Waals surface area contributed by atoms with Gasteiger partial charge in [0.1, 0.15) is 10.1 Å². The lowest BCUT2D eigenvalue weighted by Crippen LogP contribution is -2.39. The minimum Gasteiger partial charge on any atom is -0.441 e. The number of carbonyl (C=O) groups excluding carboxylic acids is 1. The Morgan fingerprint density at radius 2 is 2.00 bits per heavy atom. The minimum atomic E-state index is -3.07. The van der Waals surface area contributed by atoms with Gasteiger partial charge in [0.25, 0.3) is 5.91 Å². The van der Waals surface area contributed by atoms with Crippen molar-refractivity contribution in [3.05, 3.63) is 22.8 Å². The van der Waals surface area contributed by atoms with Crippen LogP contribution in [0, 0.1) is 0 Å². The molecule has 1 atom stereocenters. The number of nitrogens with zero attached hydrogens (tertiary/aromatic N) is 2. The molecule has 1 unspecified atom stereocenters. The Labute approximate surface area is 162 Å². The van der Waals surface area contributed by atoms with Crippen LogP contribution in [0.15, 0.2) is 21.5 Å². The highest BCUT2D eigenvalue weighted by Crippen LogP contribution is 2.36. The van der Waals surface area contributed by atoms with E-state index in [1.165, 1.54) is 35.9 Å². The summed E-state index contributed by atoms with van der Waals surface area (Å²) in [5.74, 6) is 1.33. The molecule has 0 aromatic carbocycles. The van der Waals surface area contributed by atoms with Crippen molar-refractivity contribution < 1.29 is 17.6 Å². The Hall–Kier alpha value is -1.32. The Kier molecular flexibility index (Phi) is 4.87. The molecular weight excluding hydrogens is 392 g/mol. The second-order valence-electron chi connectivity index (χ2n) is 6.83. The number of amides is 1. The molecule has 6 nitrogen and oxygen atoms in total. The third-order valence-electron chi connectivity index (χ3n) is 4.95. The van der Waals surface area contributed by atoms with Gasteiger partial charge < -0.3 is 9.32 Å². The van der Waals surface area contributed by atoms with E-state index in [9.17, 15) is 13.2 Å². The highest BCUT2D eigenvalue weighted by Gasteiger charge is 2.42. The summed E-state index contributed by atoms with van der Waals surface area (Å²) < 4.78 is 29.7. The van der Waals surface area contributed by atoms with Crippen LogP contribution >= 0.6 is 24.0 Å². The standard InChI is InChI=1S/C17H20N2O4S3/c20-16-14(25-17(24)19(16)12-6-9-26(21,22)11-12)10-13-4-5-15(23-13)18-7-2-1-3-8-18/h4-5,10,12H,1-3,6-9,11H2/b14-10-. The number of thioether (sulfide) groups is 1. The van der Waals surface area contributed by atoms with Gasteiger partial charge in [0, 0.05) is 25.2 Å². The van der Waals surface area contributed by atoms with Crippen LogP contribution in [0.5, 0.6) is 0 Å². The van der Waals surface area contributed by atoms with Crippen molar-refractivity contribution in [1.29, 1.82) is 0 Å². The summed E-state index contributed by atoms with van der Waals surface area (Å²) in [7, 11) is -3.07. The van der Waals surface area contributed by atoms with Crippen molar-refractivity contribution in [3.8, 4) is 0 Å². The summed E-state index contributed by atoms with van der Waals surface area (Å²) in [6, 6.07) is 3.44. The second kappa shape index (κ2) is 7.01. The molecule has 0 spiro atoms. The van der Waals surface area contributed by atoms with Crippen LogP contribution in [-0.2, 0) is 14.6 Å². The van der Waals surface area contributed by atoms with E-state index in [1.54, 1.807) is 6.08 Å². The van der Waals surface area contributed by atoms with Crippen LogP contribution in [0.25, 0.3) is 6.08 Å². The van der Waals surface area contributed by atoms with Gasteiger partial charge in [-0.3, -0.25) is 9.69 Å². The first-order chi connectivity index (χ1) is 12.4. The molecule has 3 fully saturated rings. The molecule has 1 aromatic heterocycles. The van der Waals surface area contributed by atoms with Crippen molar-refractivity contribution in [2.24, 2.45) is 0 Å². The lowest BCUT2D eigenvalue weighted by atomic mass is 10.1. The Bertz CT molecular complexity index is 868. The van der Waals surface area contributed by atoms with Crippen LogP contribution < -0.4 is 4.90 Å². The fraction of sp³-hybridized carbons (Fsp3) is 0.529. The number of thiocarbonyl (C=S) groups is 1. The van der Waals surface area contributed by atoms with E-state index in [4.69, 9.17) is 16.6 Å². The summed E-state index contributed by atoms with van der Waals surface area (Å²) in [6.45, 7) is 1.98. The summed E-state index contributed by atoms with van der Waals surface area (Å²) >= 11 is 6.53. The molecule has 1 amide bonds. The molecule has 3 aliphatic heterocycles. The van der Waals surface area contributed by atoms with E-state index >= 15 is 0 Å². The first-order valence-electron chi connectivity index (χ1n) is 8.75. The number of piperidine rings is 1. The smallest absolute Gasteiger partial charge is 0.266 e. The summed E-state index contributed by atoms with van der Waals surface area (Å²) in [5, 5.41) is 0. The molecular formula is C17H20N2O4S3. The number of rotatable bonds is 3. The third kappa shape index (κ3) is 3.57. The molecule has 4 rings (SSSR count). The Balaban J connectivity index is 1.50. The van der Waals surface area contributed by atoms with Crippen molar-refractivity contribution in [2.75, 3.05) is 29.5 Å². The zero-order chi connectivity index (χ0) is 18.3. The summed E-state index contributed by atoms with van der Waals surface area (Å²) in [6.07, 6.45) is 5.74. The van der Waals surface area contributed by atoms with Crippen molar-refractivity contribution in [1.82, 2.24) is 4.90 Å². The zero-order valence-corrected chi connectivity index (χ0v) is 16.7. The van der Waals surface area contributed by atoms with Crippen molar-refractivity contribution >= 4 is 56.0 Å². The maximum Gasteiger partial charge on any atom is 0.266 e. The van der Waals surface area contributed by atoms with Gasteiger partial charge >= 0.3 is 0 Å². The average molecular weight is 413 g/mol. The predicted molar refractivity (Wildman–Crippen MR) is 107 cm³/mol. The van der Waals surface area contributed by atoms with Crippen molar-refractivity contribution in [2.45, 2.75) is 31.7 Å². The number of sulfone groups is 1. The molecule has 1 aromatic rings. The molecule has 0 bridgehead atoms. The number of anilines is 1. The molecule has 3 saturated heterocycles. The second-order valence-corrected chi connectivity index (χ2v) is 10.7. The van der Waals surface area contributed by atoms with Crippen LogP contribution in [0.4, 0.5) is 5.88 Å².